The van der Waals surface area contributed by atoms with Crippen molar-refractivity contribution in [1.29, 1.82) is 0 Å². The molecular formula is C17H21F3N4O2S2. The molecule has 0 aliphatic carbocycles. The molecule has 0 radical (unpaired) electrons. The lowest BCUT2D eigenvalue weighted by Gasteiger charge is -2.11. The monoisotopic (exact) mass is 434 g/mol. The third-order valence-corrected chi connectivity index (χ3v) is 6.16. The Labute approximate surface area is 165 Å². The molecule has 2 N–H and O–H groups in total. The Balaban J connectivity index is 1.73. The lowest BCUT2D eigenvalue weighted by molar-refractivity contribution is -0.140. The summed E-state index contributed by atoms with van der Waals surface area (Å²) in [6.07, 6.45) is -4.08. The smallest absolute Gasteiger partial charge is 0.356 e. The Morgan fingerprint density at radius 3 is 2.54 bits per heavy atom. The molecule has 1 aromatic heterocycles. The van der Waals surface area contributed by atoms with Crippen LogP contribution in [0.1, 0.15) is 22.7 Å². The number of halogens is 3. The molecule has 0 bridgehead atoms. The minimum atomic E-state index is -4.46. The van der Waals surface area contributed by atoms with E-state index >= 15 is 0 Å². The van der Waals surface area contributed by atoms with Gasteiger partial charge in [-0.1, -0.05) is 30.3 Å². The Morgan fingerprint density at radius 2 is 1.93 bits per heavy atom. The maximum absolute atomic E-state index is 12.5. The number of hydrogen-bond acceptors (Lipinski definition) is 5. The standard InChI is InChI=1S/C17H21F3N4O2S2/c1-21-16(23-10-15-24-14(11-27-15)17(18,19)20)22-8-5-9-28(25,26)12-13-6-3-2-4-7-13/h2-4,6-7,11H,5,8-10,12H2,1H3,(H2,21,22,23). The SMILES string of the molecule is CN=C(NCCCS(=O)(=O)Cc1ccccc1)NCc1nc(C(F)(F)F)cs1. The van der Waals surface area contributed by atoms with Crippen molar-refractivity contribution in [2.45, 2.75) is 24.9 Å². The first-order valence-corrected chi connectivity index (χ1v) is 11.1. The predicted molar refractivity (Wildman–Crippen MR) is 104 cm³/mol. The highest BCUT2D eigenvalue weighted by Crippen LogP contribution is 2.29. The quantitative estimate of drug-likeness (QED) is 0.379. The number of aliphatic imine (C=N–C) groups is 1. The van der Waals surface area contributed by atoms with E-state index in [0.29, 0.717) is 18.9 Å². The largest absolute Gasteiger partial charge is 0.434 e. The first kappa shape index (κ1) is 22.2. The Bertz CT molecular complexity index is 881. The van der Waals surface area contributed by atoms with E-state index in [1.807, 2.05) is 6.07 Å². The molecule has 1 heterocycles. The van der Waals surface area contributed by atoms with Crippen LogP contribution in [0.3, 0.4) is 0 Å². The van der Waals surface area contributed by atoms with Gasteiger partial charge >= 0.3 is 6.18 Å². The Morgan fingerprint density at radius 1 is 1.21 bits per heavy atom. The Kier molecular flexibility index (Phi) is 7.81. The number of benzene rings is 1. The lowest BCUT2D eigenvalue weighted by Crippen LogP contribution is -2.37. The van der Waals surface area contributed by atoms with E-state index in [1.54, 1.807) is 24.3 Å². The molecule has 154 valence electrons. The van der Waals surface area contributed by atoms with Crippen molar-refractivity contribution in [3.63, 3.8) is 0 Å². The molecule has 2 rings (SSSR count). The fraction of sp³-hybridized carbons (Fsp3) is 0.412. The number of alkyl halides is 3. The summed E-state index contributed by atoms with van der Waals surface area (Å²) in [7, 11) is -1.70. The minimum absolute atomic E-state index is 0.00754. The zero-order chi connectivity index (χ0) is 20.6. The van der Waals surface area contributed by atoms with E-state index in [0.717, 1.165) is 22.3 Å². The van der Waals surface area contributed by atoms with Crippen molar-refractivity contribution in [2.75, 3.05) is 19.3 Å². The van der Waals surface area contributed by atoms with E-state index < -0.39 is 21.7 Å². The molecule has 0 spiro atoms. The summed E-state index contributed by atoms with van der Waals surface area (Å²) in [6.45, 7) is 0.450. The van der Waals surface area contributed by atoms with Gasteiger partial charge in [0.1, 0.15) is 5.01 Å². The fourth-order valence-corrected chi connectivity index (χ4v) is 4.47. The van der Waals surface area contributed by atoms with Crippen molar-refractivity contribution in [1.82, 2.24) is 15.6 Å². The van der Waals surface area contributed by atoms with E-state index in [9.17, 15) is 21.6 Å². The molecule has 6 nitrogen and oxygen atoms in total. The van der Waals surface area contributed by atoms with Crippen LogP contribution in [0.5, 0.6) is 0 Å². The zero-order valence-electron chi connectivity index (χ0n) is 15.2. The highest BCUT2D eigenvalue weighted by atomic mass is 32.2. The molecule has 0 fully saturated rings. The average molecular weight is 435 g/mol. The second-order valence-electron chi connectivity index (χ2n) is 5.91. The summed E-state index contributed by atoms with van der Waals surface area (Å²) in [5.41, 5.74) is -0.171. The molecule has 0 aliphatic heterocycles. The van der Waals surface area contributed by atoms with Crippen LogP contribution >= 0.6 is 11.3 Å². The summed E-state index contributed by atoms with van der Waals surface area (Å²) >= 11 is 0.906. The predicted octanol–water partition coefficient (Wildman–Crippen LogP) is 2.83. The molecule has 0 aliphatic rings. The van der Waals surface area contributed by atoms with Crippen LogP contribution in [0.25, 0.3) is 0 Å². The average Bonchev–Trinajstić information content (AvgIpc) is 3.11. The van der Waals surface area contributed by atoms with Gasteiger partial charge in [-0.2, -0.15) is 13.2 Å². The molecule has 1 aromatic carbocycles. The van der Waals surface area contributed by atoms with E-state index in [2.05, 4.69) is 20.6 Å². The second-order valence-corrected chi connectivity index (χ2v) is 9.03. The van der Waals surface area contributed by atoms with Crippen LogP contribution in [-0.2, 0) is 28.3 Å². The van der Waals surface area contributed by atoms with Gasteiger partial charge in [-0.05, 0) is 12.0 Å². The molecule has 0 unspecified atom stereocenters. The topological polar surface area (TPSA) is 83.5 Å². The van der Waals surface area contributed by atoms with Gasteiger partial charge < -0.3 is 10.6 Å². The molecule has 28 heavy (non-hydrogen) atoms. The van der Waals surface area contributed by atoms with Crippen LogP contribution in [0.4, 0.5) is 13.2 Å². The van der Waals surface area contributed by atoms with E-state index in [1.165, 1.54) is 7.05 Å². The summed E-state index contributed by atoms with van der Waals surface area (Å²) < 4.78 is 61.9. The Hall–Kier alpha value is -2.14. The van der Waals surface area contributed by atoms with Crippen LogP contribution in [0.2, 0.25) is 0 Å². The summed E-state index contributed by atoms with van der Waals surface area (Å²) in [4.78, 5) is 7.49. The maximum Gasteiger partial charge on any atom is 0.434 e. The second kappa shape index (κ2) is 9.87. The van der Waals surface area contributed by atoms with Gasteiger partial charge in [0.05, 0.1) is 18.1 Å². The van der Waals surface area contributed by atoms with Crippen molar-refractivity contribution >= 4 is 27.1 Å². The number of rotatable bonds is 8. The molecule has 0 atom stereocenters. The van der Waals surface area contributed by atoms with Crippen LogP contribution in [-0.4, -0.2) is 38.7 Å². The fourth-order valence-electron chi connectivity index (χ4n) is 2.30. The van der Waals surface area contributed by atoms with Crippen LogP contribution in [0.15, 0.2) is 40.7 Å². The van der Waals surface area contributed by atoms with Gasteiger partial charge in [0.2, 0.25) is 0 Å². The zero-order valence-corrected chi connectivity index (χ0v) is 16.8. The van der Waals surface area contributed by atoms with Gasteiger partial charge in [0.15, 0.2) is 21.5 Å². The van der Waals surface area contributed by atoms with Gasteiger partial charge in [-0.15, -0.1) is 11.3 Å². The lowest BCUT2D eigenvalue weighted by atomic mass is 10.2. The number of sulfone groups is 1. The minimum Gasteiger partial charge on any atom is -0.356 e. The highest BCUT2D eigenvalue weighted by Gasteiger charge is 2.33. The third kappa shape index (κ3) is 7.47. The molecule has 2 aromatic rings. The van der Waals surface area contributed by atoms with Gasteiger partial charge in [-0.25, -0.2) is 13.4 Å². The number of guanidine groups is 1. The van der Waals surface area contributed by atoms with Crippen LogP contribution in [0, 0.1) is 0 Å². The first-order valence-electron chi connectivity index (χ1n) is 8.40. The molecule has 0 saturated heterocycles. The van der Waals surface area contributed by atoms with Crippen molar-refractivity contribution in [2.24, 2.45) is 4.99 Å². The van der Waals surface area contributed by atoms with Crippen LogP contribution < -0.4 is 10.6 Å². The summed E-state index contributed by atoms with van der Waals surface area (Å²) in [5.74, 6) is 0.379. The highest BCUT2D eigenvalue weighted by molar-refractivity contribution is 7.90. The number of aromatic nitrogens is 1. The molecule has 0 saturated carbocycles. The summed E-state index contributed by atoms with van der Waals surface area (Å²) in [5, 5.41) is 7.04. The number of hydrogen-bond donors (Lipinski definition) is 2. The van der Waals surface area contributed by atoms with Gasteiger partial charge in [0, 0.05) is 19.0 Å². The van der Waals surface area contributed by atoms with Gasteiger partial charge in [0.25, 0.3) is 0 Å². The number of thiazole rings is 1. The molecule has 0 amide bonds. The number of nitrogens with one attached hydrogen (secondary N) is 2. The van der Waals surface area contributed by atoms with E-state index in [-0.39, 0.29) is 23.1 Å². The number of nitrogens with zero attached hydrogens (tertiary/aromatic N) is 2. The van der Waals surface area contributed by atoms with Crippen molar-refractivity contribution < 1.29 is 21.6 Å². The van der Waals surface area contributed by atoms with Crippen molar-refractivity contribution in [3.8, 4) is 0 Å². The summed E-state index contributed by atoms with van der Waals surface area (Å²) in [6, 6.07) is 8.95. The third-order valence-electron chi connectivity index (χ3n) is 3.63. The maximum atomic E-state index is 12.5. The van der Waals surface area contributed by atoms with Gasteiger partial charge in [-0.3, -0.25) is 4.99 Å². The first-order chi connectivity index (χ1) is 13.2. The molecule has 11 heteroatoms. The molecular weight excluding hydrogens is 413 g/mol. The van der Waals surface area contributed by atoms with Crippen molar-refractivity contribution in [3.05, 3.63) is 52.0 Å². The van der Waals surface area contributed by atoms with E-state index in [4.69, 9.17) is 0 Å². The normalized spacial score (nSPS) is 12.8.